The third kappa shape index (κ3) is 4.55. The van der Waals surface area contributed by atoms with Gasteiger partial charge in [0, 0.05) is 13.0 Å². The molecular formula is C22H28N2O4. The molecule has 0 radical (unpaired) electrons. The maximum Gasteiger partial charge on any atom is 0.225 e. The average Bonchev–Trinajstić information content (AvgIpc) is 3.29. The summed E-state index contributed by atoms with van der Waals surface area (Å²) in [6, 6.07) is 11.2. The molecule has 1 saturated heterocycles. The number of likely N-dealkylation sites (tertiary alicyclic amines) is 1. The second-order valence-electron chi connectivity index (χ2n) is 8.34. The van der Waals surface area contributed by atoms with Crippen LogP contribution in [0, 0.1) is 11.3 Å². The SMILES string of the molecule is COc1cccc([C@H](NC(=O)[C@H]2CC(=O)N(Cc3ccco3)C2)C(C)(C)C)c1. The molecule has 2 heterocycles. The maximum absolute atomic E-state index is 13.0. The van der Waals surface area contributed by atoms with Crippen LogP contribution in [0.15, 0.2) is 47.1 Å². The Morgan fingerprint density at radius 2 is 2.11 bits per heavy atom. The first-order valence-corrected chi connectivity index (χ1v) is 9.52. The third-order valence-corrected chi connectivity index (χ3v) is 5.09. The Kier molecular flexibility index (Phi) is 5.77. The Bertz CT molecular complexity index is 823. The second kappa shape index (κ2) is 8.09. The van der Waals surface area contributed by atoms with Crippen molar-refractivity contribution in [3.63, 3.8) is 0 Å². The molecule has 2 aromatic rings. The van der Waals surface area contributed by atoms with E-state index in [1.807, 2.05) is 30.3 Å². The average molecular weight is 384 g/mol. The van der Waals surface area contributed by atoms with Crippen LogP contribution in [0.3, 0.4) is 0 Å². The fourth-order valence-electron chi connectivity index (χ4n) is 3.57. The van der Waals surface area contributed by atoms with E-state index in [0.717, 1.165) is 17.1 Å². The van der Waals surface area contributed by atoms with Gasteiger partial charge >= 0.3 is 0 Å². The standard InChI is InChI=1S/C22H28N2O4/c1-22(2,3)20(15-7-5-8-17(11-15)27-4)23-21(26)16-12-19(25)24(13-16)14-18-9-6-10-28-18/h5-11,16,20H,12-14H2,1-4H3,(H,23,26)/t16-,20-/m0/s1. The fourth-order valence-corrected chi connectivity index (χ4v) is 3.57. The minimum absolute atomic E-state index is 0.0229. The Labute approximate surface area is 165 Å². The van der Waals surface area contributed by atoms with E-state index in [1.54, 1.807) is 24.3 Å². The molecule has 2 atom stereocenters. The van der Waals surface area contributed by atoms with Gasteiger partial charge in [0.2, 0.25) is 11.8 Å². The number of carbonyl (C=O) groups is 2. The molecule has 1 aliphatic rings. The van der Waals surface area contributed by atoms with Gasteiger partial charge in [-0.2, -0.15) is 0 Å². The van der Waals surface area contributed by atoms with Gasteiger partial charge in [-0.25, -0.2) is 0 Å². The van der Waals surface area contributed by atoms with Gasteiger partial charge in [0.1, 0.15) is 11.5 Å². The van der Waals surface area contributed by atoms with E-state index < -0.39 is 0 Å². The van der Waals surface area contributed by atoms with E-state index in [-0.39, 0.29) is 35.6 Å². The van der Waals surface area contributed by atoms with E-state index in [9.17, 15) is 9.59 Å². The summed E-state index contributed by atoms with van der Waals surface area (Å²) in [7, 11) is 1.63. The van der Waals surface area contributed by atoms with Crippen molar-refractivity contribution in [3.05, 3.63) is 54.0 Å². The van der Waals surface area contributed by atoms with Gasteiger partial charge in [-0.05, 0) is 35.2 Å². The van der Waals surface area contributed by atoms with Crippen molar-refractivity contribution in [2.24, 2.45) is 11.3 Å². The van der Waals surface area contributed by atoms with Crippen LogP contribution in [0.25, 0.3) is 0 Å². The predicted molar refractivity (Wildman–Crippen MR) is 106 cm³/mol. The number of nitrogens with one attached hydrogen (secondary N) is 1. The summed E-state index contributed by atoms with van der Waals surface area (Å²) in [4.78, 5) is 27.0. The van der Waals surface area contributed by atoms with Crippen LogP contribution in [0.4, 0.5) is 0 Å². The summed E-state index contributed by atoms with van der Waals surface area (Å²) in [5, 5.41) is 3.17. The summed E-state index contributed by atoms with van der Waals surface area (Å²) >= 11 is 0. The number of benzene rings is 1. The van der Waals surface area contributed by atoms with Crippen molar-refractivity contribution in [1.82, 2.24) is 10.2 Å². The summed E-state index contributed by atoms with van der Waals surface area (Å²) in [5.41, 5.74) is 0.787. The molecule has 1 aromatic heterocycles. The lowest BCUT2D eigenvalue weighted by Gasteiger charge is -2.33. The highest BCUT2D eigenvalue weighted by atomic mass is 16.5. The lowest BCUT2D eigenvalue weighted by molar-refractivity contribution is -0.129. The lowest BCUT2D eigenvalue weighted by Crippen LogP contribution is -2.40. The molecule has 2 amide bonds. The second-order valence-corrected chi connectivity index (χ2v) is 8.34. The summed E-state index contributed by atoms with van der Waals surface area (Å²) < 4.78 is 10.6. The van der Waals surface area contributed by atoms with Crippen molar-refractivity contribution in [1.29, 1.82) is 0 Å². The Morgan fingerprint density at radius 3 is 2.75 bits per heavy atom. The largest absolute Gasteiger partial charge is 0.497 e. The molecule has 0 unspecified atom stereocenters. The molecule has 0 spiro atoms. The van der Waals surface area contributed by atoms with Crippen LogP contribution < -0.4 is 10.1 Å². The molecule has 1 N–H and O–H groups in total. The van der Waals surface area contributed by atoms with Crippen molar-refractivity contribution < 1.29 is 18.7 Å². The Morgan fingerprint density at radius 1 is 1.32 bits per heavy atom. The normalized spacial score (nSPS) is 18.2. The van der Waals surface area contributed by atoms with Gasteiger partial charge in [0.25, 0.3) is 0 Å². The zero-order chi connectivity index (χ0) is 20.3. The zero-order valence-corrected chi connectivity index (χ0v) is 16.9. The van der Waals surface area contributed by atoms with E-state index in [2.05, 4.69) is 26.1 Å². The molecule has 0 bridgehead atoms. The Balaban J connectivity index is 1.71. The first kappa shape index (κ1) is 20.0. The van der Waals surface area contributed by atoms with Crippen molar-refractivity contribution in [2.75, 3.05) is 13.7 Å². The molecule has 6 heteroatoms. The molecule has 0 saturated carbocycles. The predicted octanol–water partition coefficient (Wildman–Crippen LogP) is 3.54. The third-order valence-electron chi connectivity index (χ3n) is 5.09. The summed E-state index contributed by atoms with van der Waals surface area (Å²) in [6.07, 6.45) is 1.81. The minimum Gasteiger partial charge on any atom is -0.497 e. The van der Waals surface area contributed by atoms with Gasteiger partial charge in [-0.15, -0.1) is 0 Å². The highest BCUT2D eigenvalue weighted by Gasteiger charge is 2.37. The van der Waals surface area contributed by atoms with Crippen molar-refractivity contribution in [3.8, 4) is 5.75 Å². The zero-order valence-electron chi connectivity index (χ0n) is 16.9. The van der Waals surface area contributed by atoms with Gasteiger partial charge in [0.05, 0.1) is 31.9 Å². The number of furan rings is 1. The van der Waals surface area contributed by atoms with Crippen LogP contribution in [0.1, 0.15) is 44.6 Å². The first-order valence-electron chi connectivity index (χ1n) is 9.52. The number of amides is 2. The van der Waals surface area contributed by atoms with Crippen LogP contribution >= 0.6 is 0 Å². The van der Waals surface area contributed by atoms with E-state index >= 15 is 0 Å². The van der Waals surface area contributed by atoms with Gasteiger partial charge in [0.15, 0.2) is 0 Å². The highest BCUT2D eigenvalue weighted by molar-refractivity contribution is 5.89. The number of hydrogen-bond donors (Lipinski definition) is 1. The summed E-state index contributed by atoms with van der Waals surface area (Å²) in [6.45, 7) is 7.05. The summed E-state index contributed by atoms with van der Waals surface area (Å²) in [5.74, 6) is 0.987. The van der Waals surface area contributed by atoms with Gasteiger partial charge in [-0.1, -0.05) is 32.9 Å². The van der Waals surface area contributed by atoms with Gasteiger partial charge in [-0.3, -0.25) is 9.59 Å². The molecule has 6 nitrogen and oxygen atoms in total. The van der Waals surface area contributed by atoms with Crippen molar-refractivity contribution >= 4 is 11.8 Å². The Hall–Kier alpha value is -2.76. The minimum atomic E-state index is -0.363. The number of hydrogen-bond acceptors (Lipinski definition) is 4. The first-order chi connectivity index (χ1) is 13.3. The van der Waals surface area contributed by atoms with E-state index in [4.69, 9.17) is 9.15 Å². The smallest absolute Gasteiger partial charge is 0.225 e. The van der Waals surface area contributed by atoms with E-state index in [0.29, 0.717) is 13.1 Å². The van der Waals surface area contributed by atoms with Gasteiger partial charge < -0.3 is 19.4 Å². The molecule has 150 valence electrons. The van der Waals surface area contributed by atoms with Crippen LogP contribution in [0.5, 0.6) is 5.75 Å². The molecular weight excluding hydrogens is 356 g/mol. The fraction of sp³-hybridized carbons (Fsp3) is 0.455. The molecule has 1 aliphatic heterocycles. The molecule has 1 fully saturated rings. The van der Waals surface area contributed by atoms with E-state index in [1.165, 1.54) is 0 Å². The number of carbonyl (C=O) groups excluding carboxylic acids is 2. The number of methoxy groups -OCH3 is 1. The highest BCUT2D eigenvalue weighted by Crippen LogP contribution is 2.35. The number of ether oxygens (including phenoxy) is 1. The lowest BCUT2D eigenvalue weighted by atomic mass is 9.82. The maximum atomic E-state index is 13.0. The molecule has 28 heavy (non-hydrogen) atoms. The number of rotatable bonds is 6. The molecule has 0 aliphatic carbocycles. The topological polar surface area (TPSA) is 71.8 Å². The van der Waals surface area contributed by atoms with Crippen LogP contribution in [0.2, 0.25) is 0 Å². The monoisotopic (exact) mass is 384 g/mol. The quantitative estimate of drug-likeness (QED) is 0.827. The van der Waals surface area contributed by atoms with Crippen LogP contribution in [-0.4, -0.2) is 30.4 Å². The molecule has 1 aromatic carbocycles. The van der Waals surface area contributed by atoms with Crippen LogP contribution in [-0.2, 0) is 16.1 Å². The number of nitrogens with zero attached hydrogens (tertiary/aromatic N) is 1. The van der Waals surface area contributed by atoms with Crippen molar-refractivity contribution in [2.45, 2.75) is 39.8 Å². The molecule has 3 rings (SSSR count).